The molecule has 1 saturated heterocycles. The van der Waals surface area contributed by atoms with Crippen LogP contribution in [0.15, 0.2) is 11.2 Å². The fourth-order valence-electron chi connectivity index (χ4n) is 1.99. The molecule has 1 unspecified atom stereocenters. The zero-order valence-electron chi connectivity index (χ0n) is 12.9. The molecule has 7 nitrogen and oxygen atoms in total. The van der Waals surface area contributed by atoms with Crippen LogP contribution >= 0.6 is 11.8 Å². The summed E-state index contributed by atoms with van der Waals surface area (Å²) in [5.74, 6) is 0.977. The van der Waals surface area contributed by atoms with Gasteiger partial charge in [0.15, 0.2) is 5.16 Å². The molecule has 1 fully saturated rings. The fourth-order valence-corrected chi connectivity index (χ4v) is 2.72. The van der Waals surface area contributed by atoms with Crippen LogP contribution in [-0.4, -0.2) is 65.7 Å². The van der Waals surface area contributed by atoms with Gasteiger partial charge < -0.3 is 20.1 Å². The van der Waals surface area contributed by atoms with Gasteiger partial charge in [-0.15, -0.1) is 0 Å². The van der Waals surface area contributed by atoms with Crippen LogP contribution in [0.2, 0.25) is 0 Å². The highest BCUT2D eigenvalue weighted by Gasteiger charge is 2.15. The van der Waals surface area contributed by atoms with Crippen LogP contribution in [0.25, 0.3) is 0 Å². The molecule has 0 bridgehead atoms. The highest BCUT2D eigenvalue weighted by atomic mass is 32.2. The van der Waals surface area contributed by atoms with Crippen LogP contribution < -0.4 is 10.2 Å². The van der Waals surface area contributed by atoms with E-state index in [1.54, 1.807) is 6.92 Å². The lowest BCUT2D eigenvalue weighted by Gasteiger charge is -2.28. The van der Waals surface area contributed by atoms with Crippen LogP contribution in [0, 0.1) is 6.92 Å². The molecule has 1 aliphatic rings. The molecule has 1 aliphatic heterocycles. The number of nitrogens with one attached hydrogen (secondary N) is 1. The molecule has 0 radical (unpaired) electrons. The Bertz CT molecular complexity index is 507. The van der Waals surface area contributed by atoms with E-state index < -0.39 is 6.10 Å². The molecular formula is C14H22N4O3S. The molecule has 1 aromatic heterocycles. The number of morpholine rings is 1. The molecule has 0 aromatic carbocycles. The van der Waals surface area contributed by atoms with Gasteiger partial charge in [0.1, 0.15) is 5.82 Å². The molecule has 2 rings (SSSR count). The Labute approximate surface area is 134 Å². The Morgan fingerprint density at radius 3 is 2.91 bits per heavy atom. The smallest absolute Gasteiger partial charge is 0.230 e. The summed E-state index contributed by atoms with van der Waals surface area (Å²) in [4.78, 5) is 22.7. The predicted octanol–water partition coefficient (Wildman–Crippen LogP) is 0.211. The number of anilines is 1. The van der Waals surface area contributed by atoms with Crippen molar-refractivity contribution in [1.29, 1.82) is 0 Å². The fraction of sp³-hybridized carbons (Fsp3) is 0.643. The van der Waals surface area contributed by atoms with Gasteiger partial charge >= 0.3 is 0 Å². The summed E-state index contributed by atoms with van der Waals surface area (Å²) in [5, 5.41) is 12.4. The van der Waals surface area contributed by atoms with Gasteiger partial charge in [-0.25, -0.2) is 9.97 Å². The first-order valence-electron chi connectivity index (χ1n) is 7.30. The van der Waals surface area contributed by atoms with E-state index in [2.05, 4.69) is 20.2 Å². The molecule has 1 amide bonds. The van der Waals surface area contributed by atoms with Gasteiger partial charge in [-0.2, -0.15) is 0 Å². The molecule has 1 atom stereocenters. The van der Waals surface area contributed by atoms with Crippen LogP contribution in [0.3, 0.4) is 0 Å². The lowest BCUT2D eigenvalue weighted by atomic mass is 10.3. The third-order valence-electron chi connectivity index (χ3n) is 3.08. The Hall–Kier alpha value is -1.38. The molecule has 1 aromatic rings. The minimum Gasteiger partial charge on any atom is -0.392 e. The standard InChI is InChI=1S/C14H22N4O3S/c1-10-7-12(18-3-5-21-6-4-18)17-14(16-10)22-9-13(20)15-8-11(2)19/h7,11,19H,3-6,8-9H2,1-2H3,(H,15,20). The number of amides is 1. The number of hydrogen-bond acceptors (Lipinski definition) is 7. The molecule has 0 aliphatic carbocycles. The summed E-state index contributed by atoms with van der Waals surface area (Å²) in [6, 6.07) is 1.95. The number of nitrogens with zero attached hydrogens (tertiary/aromatic N) is 3. The zero-order chi connectivity index (χ0) is 15.9. The minimum absolute atomic E-state index is 0.135. The van der Waals surface area contributed by atoms with Crippen molar-refractivity contribution in [2.75, 3.05) is 43.5 Å². The van der Waals surface area contributed by atoms with Crippen LogP contribution in [0.5, 0.6) is 0 Å². The summed E-state index contributed by atoms with van der Waals surface area (Å²) in [6.45, 7) is 6.84. The summed E-state index contributed by atoms with van der Waals surface area (Å²) in [7, 11) is 0. The van der Waals surface area contributed by atoms with Crippen molar-refractivity contribution in [3.8, 4) is 0 Å². The molecule has 2 heterocycles. The van der Waals surface area contributed by atoms with Crippen molar-refractivity contribution in [2.24, 2.45) is 0 Å². The maximum absolute atomic E-state index is 11.7. The van der Waals surface area contributed by atoms with Crippen molar-refractivity contribution in [3.05, 3.63) is 11.8 Å². The van der Waals surface area contributed by atoms with Gasteiger partial charge in [-0.05, 0) is 13.8 Å². The summed E-state index contributed by atoms with van der Waals surface area (Å²) in [6.07, 6.45) is -0.544. The van der Waals surface area contributed by atoms with E-state index in [-0.39, 0.29) is 18.2 Å². The monoisotopic (exact) mass is 326 g/mol. The summed E-state index contributed by atoms with van der Waals surface area (Å²) >= 11 is 1.30. The van der Waals surface area contributed by atoms with E-state index in [1.165, 1.54) is 11.8 Å². The van der Waals surface area contributed by atoms with Crippen molar-refractivity contribution in [1.82, 2.24) is 15.3 Å². The highest BCUT2D eigenvalue weighted by Crippen LogP contribution is 2.19. The van der Waals surface area contributed by atoms with Gasteiger partial charge in [0, 0.05) is 31.4 Å². The van der Waals surface area contributed by atoms with Crippen molar-refractivity contribution >= 4 is 23.5 Å². The van der Waals surface area contributed by atoms with Gasteiger partial charge in [-0.1, -0.05) is 11.8 Å². The van der Waals surface area contributed by atoms with Crippen LogP contribution in [0.1, 0.15) is 12.6 Å². The molecule has 122 valence electrons. The van der Waals surface area contributed by atoms with Crippen molar-refractivity contribution in [2.45, 2.75) is 25.1 Å². The first-order valence-corrected chi connectivity index (χ1v) is 8.29. The summed E-state index contributed by atoms with van der Waals surface area (Å²) < 4.78 is 5.34. The second-order valence-electron chi connectivity index (χ2n) is 5.19. The van der Waals surface area contributed by atoms with E-state index >= 15 is 0 Å². The Kier molecular flexibility index (Phi) is 6.41. The van der Waals surface area contributed by atoms with E-state index in [9.17, 15) is 4.79 Å². The number of aliphatic hydroxyl groups excluding tert-OH is 1. The minimum atomic E-state index is -0.544. The lowest BCUT2D eigenvalue weighted by molar-refractivity contribution is -0.118. The largest absolute Gasteiger partial charge is 0.392 e. The number of aryl methyl sites for hydroxylation is 1. The Morgan fingerprint density at radius 1 is 1.50 bits per heavy atom. The normalized spacial score (nSPS) is 16.4. The average molecular weight is 326 g/mol. The van der Waals surface area contributed by atoms with Gasteiger partial charge in [-0.3, -0.25) is 4.79 Å². The van der Waals surface area contributed by atoms with E-state index in [1.807, 2.05) is 13.0 Å². The third-order valence-corrected chi connectivity index (χ3v) is 3.93. The number of aliphatic hydroxyl groups is 1. The first-order chi connectivity index (χ1) is 10.5. The molecule has 0 saturated carbocycles. The number of rotatable bonds is 6. The number of carbonyl (C=O) groups is 1. The quantitative estimate of drug-likeness (QED) is 0.571. The molecule has 2 N–H and O–H groups in total. The third kappa shape index (κ3) is 5.43. The molecular weight excluding hydrogens is 304 g/mol. The average Bonchev–Trinajstić information content (AvgIpc) is 2.51. The molecule has 0 spiro atoms. The summed E-state index contributed by atoms with van der Waals surface area (Å²) in [5.41, 5.74) is 0.878. The Balaban J connectivity index is 1.93. The Morgan fingerprint density at radius 2 is 2.23 bits per heavy atom. The molecule has 8 heteroatoms. The van der Waals surface area contributed by atoms with Crippen molar-refractivity contribution < 1.29 is 14.6 Å². The van der Waals surface area contributed by atoms with Crippen LogP contribution in [0.4, 0.5) is 5.82 Å². The maximum Gasteiger partial charge on any atom is 0.230 e. The highest BCUT2D eigenvalue weighted by molar-refractivity contribution is 7.99. The topological polar surface area (TPSA) is 87.6 Å². The van der Waals surface area contributed by atoms with Crippen LogP contribution in [-0.2, 0) is 9.53 Å². The SMILES string of the molecule is Cc1cc(N2CCOCC2)nc(SCC(=O)NCC(C)O)n1. The predicted molar refractivity (Wildman–Crippen MR) is 85.2 cm³/mol. The van der Waals surface area contributed by atoms with Gasteiger partial charge in [0.25, 0.3) is 0 Å². The van der Waals surface area contributed by atoms with E-state index in [0.717, 1.165) is 24.6 Å². The second kappa shape index (κ2) is 8.30. The number of hydrogen-bond donors (Lipinski definition) is 2. The van der Waals surface area contributed by atoms with Crippen molar-refractivity contribution in [3.63, 3.8) is 0 Å². The maximum atomic E-state index is 11.7. The van der Waals surface area contributed by atoms with E-state index in [4.69, 9.17) is 9.84 Å². The first kappa shape index (κ1) is 17.0. The van der Waals surface area contributed by atoms with E-state index in [0.29, 0.717) is 18.4 Å². The number of ether oxygens (including phenoxy) is 1. The second-order valence-corrected chi connectivity index (χ2v) is 6.13. The zero-order valence-corrected chi connectivity index (χ0v) is 13.7. The molecule has 22 heavy (non-hydrogen) atoms. The van der Waals surface area contributed by atoms with Gasteiger partial charge in [0.05, 0.1) is 25.1 Å². The number of thioether (sulfide) groups is 1. The number of aromatic nitrogens is 2. The van der Waals surface area contributed by atoms with Gasteiger partial charge in [0.2, 0.25) is 5.91 Å². The lowest BCUT2D eigenvalue weighted by Crippen LogP contribution is -2.37. The number of carbonyl (C=O) groups excluding carboxylic acids is 1.